The van der Waals surface area contributed by atoms with Gasteiger partial charge in [0.1, 0.15) is 0 Å². The van der Waals surface area contributed by atoms with E-state index in [9.17, 15) is 9.59 Å². The second kappa shape index (κ2) is 8.15. The van der Waals surface area contributed by atoms with Crippen molar-refractivity contribution in [3.63, 3.8) is 0 Å². The molecular formula is C16H23ClN2O3. The maximum Gasteiger partial charge on any atom is 0.304 e. The number of rotatable bonds is 7. The summed E-state index contributed by atoms with van der Waals surface area (Å²) in [6.45, 7) is 0.600. The van der Waals surface area contributed by atoms with Gasteiger partial charge in [-0.05, 0) is 31.9 Å². The monoisotopic (exact) mass is 326 g/mol. The second-order valence-electron chi connectivity index (χ2n) is 5.73. The van der Waals surface area contributed by atoms with Crippen molar-refractivity contribution in [1.29, 1.82) is 0 Å². The number of carboxylic acids is 1. The van der Waals surface area contributed by atoms with Gasteiger partial charge in [-0.1, -0.05) is 30.3 Å². The molecule has 0 heterocycles. The van der Waals surface area contributed by atoms with Crippen LogP contribution in [0.15, 0.2) is 30.3 Å². The number of benzene rings is 1. The van der Waals surface area contributed by atoms with Gasteiger partial charge < -0.3 is 10.4 Å². The summed E-state index contributed by atoms with van der Waals surface area (Å²) in [7, 11) is 1.76. The molecule has 2 N–H and O–H groups in total. The van der Waals surface area contributed by atoms with Crippen LogP contribution in [-0.2, 0) is 15.1 Å². The molecule has 22 heavy (non-hydrogen) atoms. The number of hydrogen-bond donors (Lipinski definition) is 2. The topological polar surface area (TPSA) is 69.6 Å². The number of halogens is 1. The smallest absolute Gasteiger partial charge is 0.304 e. The van der Waals surface area contributed by atoms with Gasteiger partial charge in [-0.15, -0.1) is 12.4 Å². The van der Waals surface area contributed by atoms with Crippen molar-refractivity contribution in [3.05, 3.63) is 35.9 Å². The molecule has 122 valence electrons. The first-order valence-corrected chi connectivity index (χ1v) is 7.29. The van der Waals surface area contributed by atoms with Crippen LogP contribution in [0.25, 0.3) is 0 Å². The van der Waals surface area contributed by atoms with Crippen molar-refractivity contribution < 1.29 is 14.7 Å². The van der Waals surface area contributed by atoms with E-state index < -0.39 is 5.97 Å². The van der Waals surface area contributed by atoms with Crippen LogP contribution in [0.1, 0.15) is 31.2 Å². The van der Waals surface area contributed by atoms with E-state index >= 15 is 0 Å². The van der Waals surface area contributed by atoms with E-state index in [2.05, 4.69) is 5.32 Å². The quantitative estimate of drug-likeness (QED) is 0.804. The van der Waals surface area contributed by atoms with Crippen molar-refractivity contribution in [3.8, 4) is 0 Å². The van der Waals surface area contributed by atoms with Crippen LogP contribution >= 0.6 is 12.4 Å². The third kappa shape index (κ3) is 4.71. The summed E-state index contributed by atoms with van der Waals surface area (Å²) in [5.41, 5.74) is 0.921. The summed E-state index contributed by atoms with van der Waals surface area (Å²) in [6, 6.07) is 10.0. The number of carboxylic acid groups (broad SMARTS) is 1. The lowest BCUT2D eigenvalue weighted by atomic mass is 9.72. The Balaban J connectivity index is 0.00000242. The minimum absolute atomic E-state index is 0. The fourth-order valence-corrected chi connectivity index (χ4v) is 2.69. The lowest BCUT2D eigenvalue weighted by molar-refractivity contribution is -0.137. The maximum atomic E-state index is 12.2. The molecule has 1 aliphatic carbocycles. The zero-order chi connectivity index (χ0) is 15.3. The van der Waals surface area contributed by atoms with Crippen molar-refractivity contribution in [2.45, 2.75) is 31.2 Å². The third-order valence-corrected chi connectivity index (χ3v) is 4.03. The van der Waals surface area contributed by atoms with E-state index in [0.29, 0.717) is 6.54 Å². The molecular weight excluding hydrogens is 304 g/mol. The van der Waals surface area contributed by atoms with Gasteiger partial charge >= 0.3 is 5.97 Å². The molecule has 5 nitrogen and oxygen atoms in total. The first kappa shape index (κ1) is 18.5. The first-order valence-electron chi connectivity index (χ1n) is 7.29. The lowest BCUT2D eigenvalue weighted by Gasteiger charge is -2.43. The van der Waals surface area contributed by atoms with Crippen LogP contribution in [0, 0.1) is 0 Å². The Kier molecular flexibility index (Phi) is 6.84. The van der Waals surface area contributed by atoms with Crippen molar-refractivity contribution >= 4 is 24.3 Å². The van der Waals surface area contributed by atoms with Crippen molar-refractivity contribution in [2.75, 3.05) is 20.1 Å². The molecule has 0 aliphatic heterocycles. The molecule has 1 aliphatic rings. The van der Waals surface area contributed by atoms with E-state index in [0.717, 1.165) is 24.8 Å². The third-order valence-electron chi connectivity index (χ3n) is 4.03. The van der Waals surface area contributed by atoms with E-state index in [-0.39, 0.29) is 36.8 Å². The Hall–Kier alpha value is -1.59. The fourth-order valence-electron chi connectivity index (χ4n) is 2.69. The molecule has 1 aromatic rings. The zero-order valence-corrected chi connectivity index (χ0v) is 13.6. The van der Waals surface area contributed by atoms with Crippen molar-refractivity contribution in [2.24, 2.45) is 0 Å². The molecule has 0 saturated heterocycles. The molecule has 1 amide bonds. The molecule has 0 spiro atoms. The SMILES string of the molecule is CN(CCC(=O)O)CC(=O)NC1(c2ccccc2)CCC1.Cl. The zero-order valence-electron chi connectivity index (χ0n) is 12.7. The van der Waals surface area contributed by atoms with Crippen LogP contribution in [0.2, 0.25) is 0 Å². The molecule has 0 radical (unpaired) electrons. The summed E-state index contributed by atoms with van der Waals surface area (Å²) in [5.74, 6) is -0.895. The lowest BCUT2D eigenvalue weighted by Crippen LogP contribution is -2.53. The maximum absolute atomic E-state index is 12.2. The summed E-state index contributed by atoms with van der Waals surface area (Å²) in [4.78, 5) is 24.4. The Bertz CT molecular complexity index is 503. The summed E-state index contributed by atoms with van der Waals surface area (Å²) < 4.78 is 0. The van der Waals surface area contributed by atoms with Gasteiger partial charge in [-0.3, -0.25) is 14.5 Å². The highest BCUT2D eigenvalue weighted by atomic mass is 35.5. The van der Waals surface area contributed by atoms with Crippen LogP contribution in [0.3, 0.4) is 0 Å². The second-order valence-corrected chi connectivity index (χ2v) is 5.73. The number of nitrogens with one attached hydrogen (secondary N) is 1. The predicted molar refractivity (Wildman–Crippen MR) is 87.1 cm³/mol. The summed E-state index contributed by atoms with van der Waals surface area (Å²) in [6.07, 6.45) is 3.08. The number of nitrogens with zero attached hydrogens (tertiary/aromatic N) is 1. The number of carbonyl (C=O) groups excluding carboxylic acids is 1. The highest BCUT2D eigenvalue weighted by Crippen LogP contribution is 2.41. The normalized spacial score (nSPS) is 15.5. The van der Waals surface area contributed by atoms with Gasteiger partial charge in [-0.2, -0.15) is 0 Å². The first-order chi connectivity index (χ1) is 10.0. The molecule has 6 heteroatoms. The van der Waals surface area contributed by atoms with Gasteiger partial charge in [0.25, 0.3) is 0 Å². The minimum Gasteiger partial charge on any atom is -0.481 e. The Morgan fingerprint density at radius 2 is 1.91 bits per heavy atom. The standard InChI is InChI=1S/C16H22N2O3.ClH/c1-18(11-8-15(20)21)12-14(19)17-16(9-5-10-16)13-6-3-2-4-7-13;/h2-4,6-7H,5,8-12H2,1H3,(H,17,19)(H,20,21);1H. The van der Waals surface area contributed by atoms with Crippen LogP contribution in [0.5, 0.6) is 0 Å². The summed E-state index contributed by atoms with van der Waals surface area (Å²) in [5, 5.41) is 11.8. The number of amides is 1. The van der Waals surface area contributed by atoms with Crippen LogP contribution < -0.4 is 5.32 Å². The van der Waals surface area contributed by atoms with Gasteiger partial charge in [0.05, 0.1) is 18.5 Å². The van der Waals surface area contributed by atoms with Gasteiger partial charge in [0, 0.05) is 6.54 Å². The van der Waals surface area contributed by atoms with Crippen LogP contribution in [-0.4, -0.2) is 42.0 Å². The molecule has 1 fully saturated rings. The number of carbonyl (C=O) groups is 2. The van der Waals surface area contributed by atoms with Crippen LogP contribution in [0.4, 0.5) is 0 Å². The molecule has 1 saturated carbocycles. The minimum atomic E-state index is -0.845. The highest BCUT2D eigenvalue weighted by Gasteiger charge is 2.39. The molecule has 0 aromatic heterocycles. The van der Waals surface area contributed by atoms with Gasteiger partial charge in [0.15, 0.2) is 0 Å². The molecule has 0 atom stereocenters. The van der Waals surface area contributed by atoms with E-state index in [1.165, 1.54) is 0 Å². The van der Waals surface area contributed by atoms with E-state index in [4.69, 9.17) is 5.11 Å². The Labute approximate surface area is 137 Å². The Morgan fingerprint density at radius 3 is 2.41 bits per heavy atom. The van der Waals surface area contributed by atoms with Crippen molar-refractivity contribution in [1.82, 2.24) is 10.2 Å². The molecule has 0 unspecified atom stereocenters. The van der Waals surface area contributed by atoms with Gasteiger partial charge in [-0.25, -0.2) is 0 Å². The molecule has 1 aromatic carbocycles. The highest BCUT2D eigenvalue weighted by molar-refractivity contribution is 5.85. The summed E-state index contributed by atoms with van der Waals surface area (Å²) >= 11 is 0. The molecule has 0 bridgehead atoms. The average Bonchev–Trinajstić information content (AvgIpc) is 2.41. The largest absolute Gasteiger partial charge is 0.481 e. The predicted octanol–water partition coefficient (Wildman–Crippen LogP) is 2.01. The van der Waals surface area contributed by atoms with E-state index in [1.807, 2.05) is 30.3 Å². The number of likely N-dealkylation sites (N-methyl/N-ethyl adjacent to an activating group) is 1. The fraction of sp³-hybridized carbons (Fsp3) is 0.500. The number of hydrogen-bond acceptors (Lipinski definition) is 3. The Morgan fingerprint density at radius 1 is 1.27 bits per heavy atom. The average molecular weight is 327 g/mol. The van der Waals surface area contributed by atoms with Gasteiger partial charge in [0.2, 0.25) is 5.91 Å². The van der Waals surface area contributed by atoms with E-state index in [1.54, 1.807) is 11.9 Å². The number of aliphatic carboxylic acids is 1. The molecule has 2 rings (SSSR count).